The molecule has 0 unspecified atom stereocenters. The van der Waals surface area contributed by atoms with Crippen molar-refractivity contribution in [1.82, 2.24) is 9.55 Å². The molecule has 3 aromatic carbocycles. The highest BCUT2D eigenvalue weighted by Crippen LogP contribution is 2.22. The number of anilines is 1. The second-order valence-electron chi connectivity index (χ2n) is 7.75. The zero-order chi connectivity index (χ0) is 23.2. The monoisotopic (exact) mass is 463 g/mol. The number of carbonyl (C=O) groups excluding carboxylic acids is 1. The van der Waals surface area contributed by atoms with E-state index in [2.05, 4.69) is 0 Å². The van der Waals surface area contributed by atoms with Gasteiger partial charge in [-0.3, -0.25) is 4.79 Å². The van der Waals surface area contributed by atoms with Crippen LogP contribution in [0.25, 0.3) is 11.0 Å². The van der Waals surface area contributed by atoms with Crippen LogP contribution in [0.5, 0.6) is 5.75 Å². The molecule has 0 radical (unpaired) electrons. The van der Waals surface area contributed by atoms with Crippen LogP contribution in [-0.2, 0) is 22.7 Å². The van der Waals surface area contributed by atoms with Crippen LogP contribution in [0.15, 0.2) is 78.9 Å². The summed E-state index contributed by atoms with van der Waals surface area (Å²) in [5.41, 5.74) is 2.53. The molecule has 0 bridgehead atoms. The molecule has 33 heavy (non-hydrogen) atoms. The molecule has 1 aromatic heterocycles. The minimum absolute atomic E-state index is 0.0540. The highest BCUT2D eigenvalue weighted by atomic mass is 35.5. The van der Waals surface area contributed by atoms with Crippen LogP contribution in [0.3, 0.4) is 0 Å². The number of hydrogen-bond acceptors (Lipinski definition) is 4. The predicted molar refractivity (Wildman–Crippen MR) is 131 cm³/mol. The number of rotatable bonds is 9. The van der Waals surface area contributed by atoms with E-state index in [0.29, 0.717) is 23.2 Å². The number of carbonyl (C=O) groups is 1. The molecular weight excluding hydrogens is 438 g/mol. The minimum Gasteiger partial charge on any atom is -0.486 e. The van der Waals surface area contributed by atoms with Gasteiger partial charge in [-0.05, 0) is 55.5 Å². The van der Waals surface area contributed by atoms with Gasteiger partial charge in [0.2, 0.25) is 5.91 Å². The number of halogens is 1. The van der Waals surface area contributed by atoms with Crippen molar-refractivity contribution in [3.63, 3.8) is 0 Å². The Kier molecular flexibility index (Phi) is 7.27. The Bertz CT molecular complexity index is 1210. The fourth-order valence-electron chi connectivity index (χ4n) is 3.85. The van der Waals surface area contributed by atoms with E-state index < -0.39 is 0 Å². The lowest BCUT2D eigenvalue weighted by molar-refractivity contribution is -0.119. The van der Waals surface area contributed by atoms with Crippen molar-refractivity contribution in [3.05, 3.63) is 89.7 Å². The molecule has 0 aliphatic rings. The highest BCUT2D eigenvalue weighted by molar-refractivity contribution is 6.30. The third kappa shape index (κ3) is 5.35. The Balaban J connectivity index is 1.63. The number of ether oxygens (including phenoxy) is 2. The van der Waals surface area contributed by atoms with E-state index in [0.717, 1.165) is 16.7 Å². The summed E-state index contributed by atoms with van der Waals surface area (Å²) in [6.45, 7) is 2.76. The van der Waals surface area contributed by atoms with E-state index in [1.807, 2.05) is 78.2 Å². The van der Waals surface area contributed by atoms with Crippen LogP contribution in [-0.4, -0.2) is 35.2 Å². The lowest BCUT2D eigenvalue weighted by Crippen LogP contribution is -2.43. The molecular formula is C26H26ClN3O3. The number of hydrogen-bond donors (Lipinski definition) is 0. The Morgan fingerprint density at radius 1 is 1.03 bits per heavy atom. The van der Waals surface area contributed by atoms with Crippen molar-refractivity contribution in [2.45, 2.75) is 26.1 Å². The smallest absolute Gasteiger partial charge is 0.247 e. The summed E-state index contributed by atoms with van der Waals surface area (Å²) >= 11 is 5.97. The summed E-state index contributed by atoms with van der Waals surface area (Å²) < 4.78 is 13.2. The molecule has 0 spiro atoms. The van der Waals surface area contributed by atoms with E-state index in [1.165, 1.54) is 0 Å². The largest absolute Gasteiger partial charge is 0.486 e. The average Bonchev–Trinajstić information content (AvgIpc) is 3.17. The Labute approximate surface area is 198 Å². The van der Waals surface area contributed by atoms with Gasteiger partial charge in [-0.2, -0.15) is 0 Å². The van der Waals surface area contributed by atoms with E-state index in [4.69, 9.17) is 26.1 Å². The second kappa shape index (κ2) is 10.5. The molecule has 6 nitrogen and oxygen atoms in total. The normalized spacial score (nSPS) is 12.0. The topological polar surface area (TPSA) is 56.6 Å². The maximum atomic E-state index is 13.6. The van der Waals surface area contributed by atoms with Crippen LogP contribution < -0.4 is 9.64 Å². The molecule has 0 saturated carbocycles. The van der Waals surface area contributed by atoms with E-state index in [9.17, 15) is 4.79 Å². The average molecular weight is 464 g/mol. The van der Waals surface area contributed by atoms with Gasteiger partial charge < -0.3 is 18.9 Å². The van der Waals surface area contributed by atoms with Crippen LogP contribution in [0, 0.1) is 0 Å². The van der Waals surface area contributed by atoms with Gasteiger partial charge in [-0.15, -0.1) is 0 Å². The number of imidazole rings is 1. The number of benzene rings is 3. The van der Waals surface area contributed by atoms with Gasteiger partial charge in [-0.1, -0.05) is 41.9 Å². The third-order valence-electron chi connectivity index (χ3n) is 5.36. The molecule has 0 saturated heterocycles. The lowest BCUT2D eigenvalue weighted by Gasteiger charge is -2.29. The molecule has 170 valence electrons. The maximum Gasteiger partial charge on any atom is 0.247 e. The molecule has 1 heterocycles. The Morgan fingerprint density at radius 3 is 2.45 bits per heavy atom. The van der Waals surface area contributed by atoms with E-state index >= 15 is 0 Å². The Morgan fingerprint density at radius 2 is 1.73 bits per heavy atom. The molecule has 0 aliphatic carbocycles. The first-order chi connectivity index (χ1) is 16.1. The quantitative estimate of drug-likeness (QED) is 0.336. The zero-order valence-corrected chi connectivity index (χ0v) is 19.4. The van der Waals surface area contributed by atoms with Gasteiger partial charge >= 0.3 is 0 Å². The molecule has 0 N–H and O–H groups in total. The minimum atomic E-state index is -0.131. The SMILES string of the molecule is COC[C@@H](C)N(C(=O)Cn1c(COc2ccc(Cl)cc2)nc2ccccc21)c1ccccc1. The lowest BCUT2D eigenvalue weighted by atomic mass is 10.2. The van der Waals surface area contributed by atoms with Crippen LogP contribution in [0.1, 0.15) is 12.7 Å². The van der Waals surface area contributed by atoms with Gasteiger partial charge in [0, 0.05) is 17.8 Å². The van der Waals surface area contributed by atoms with Crippen LogP contribution in [0.2, 0.25) is 5.02 Å². The first kappa shape index (κ1) is 22.8. The van der Waals surface area contributed by atoms with Crippen molar-refractivity contribution in [1.29, 1.82) is 0 Å². The first-order valence-corrected chi connectivity index (χ1v) is 11.1. The fraction of sp³-hybridized carbons (Fsp3) is 0.231. The highest BCUT2D eigenvalue weighted by Gasteiger charge is 2.24. The van der Waals surface area contributed by atoms with Crippen molar-refractivity contribution >= 4 is 34.2 Å². The summed E-state index contributed by atoms with van der Waals surface area (Å²) in [5, 5.41) is 0.645. The number of aromatic nitrogens is 2. The van der Waals surface area contributed by atoms with Gasteiger partial charge in [0.1, 0.15) is 24.7 Å². The standard InChI is InChI=1S/C26H26ClN3O3/c1-19(17-32-2)30(21-8-4-3-5-9-21)26(31)16-29-24-11-7-6-10-23(24)28-25(29)18-33-22-14-12-20(27)13-15-22/h3-15,19H,16-18H2,1-2H3/t19-/m1/s1. The van der Waals surface area contributed by atoms with Gasteiger partial charge in [0.25, 0.3) is 0 Å². The maximum absolute atomic E-state index is 13.6. The van der Waals surface area contributed by atoms with E-state index in [1.54, 1.807) is 24.1 Å². The molecule has 1 atom stereocenters. The summed E-state index contributed by atoms with van der Waals surface area (Å²) in [5.74, 6) is 1.30. The summed E-state index contributed by atoms with van der Waals surface area (Å²) in [6.07, 6.45) is 0. The first-order valence-electron chi connectivity index (χ1n) is 10.8. The van der Waals surface area contributed by atoms with Gasteiger partial charge in [0.05, 0.1) is 23.7 Å². The summed E-state index contributed by atoms with van der Waals surface area (Å²) in [6, 6.07) is 24.5. The molecule has 4 aromatic rings. The molecule has 0 fully saturated rings. The van der Waals surface area contributed by atoms with Gasteiger partial charge in [-0.25, -0.2) is 4.98 Å². The molecule has 4 rings (SSSR count). The van der Waals surface area contributed by atoms with Crippen LogP contribution >= 0.6 is 11.6 Å². The van der Waals surface area contributed by atoms with Crippen molar-refractivity contribution in [3.8, 4) is 5.75 Å². The third-order valence-corrected chi connectivity index (χ3v) is 5.61. The number of amides is 1. The van der Waals surface area contributed by atoms with Crippen molar-refractivity contribution in [2.24, 2.45) is 0 Å². The van der Waals surface area contributed by atoms with E-state index in [-0.39, 0.29) is 25.1 Å². The molecule has 7 heteroatoms. The number of fused-ring (bicyclic) bond motifs is 1. The van der Waals surface area contributed by atoms with Gasteiger partial charge in [0.15, 0.2) is 0 Å². The summed E-state index contributed by atoms with van der Waals surface area (Å²) in [7, 11) is 1.64. The van der Waals surface area contributed by atoms with Crippen molar-refractivity contribution < 1.29 is 14.3 Å². The molecule has 1 amide bonds. The predicted octanol–water partition coefficient (Wildman–Crippen LogP) is 5.34. The number of nitrogens with zero attached hydrogens (tertiary/aromatic N) is 3. The Hall–Kier alpha value is -3.35. The van der Waals surface area contributed by atoms with Crippen molar-refractivity contribution in [2.75, 3.05) is 18.6 Å². The fourth-order valence-corrected chi connectivity index (χ4v) is 3.98. The molecule has 0 aliphatic heterocycles. The zero-order valence-electron chi connectivity index (χ0n) is 18.6. The second-order valence-corrected chi connectivity index (χ2v) is 8.19. The number of para-hydroxylation sites is 3. The number of methoxy groups -OCH3 is 1. The summed E-state index contributed by atoms with van der Waals surface area (Å²) in [4.78, 5) is 20.1. The van der Waals surface area contributed by atoms with Crippen LogP contribution in [0.4, 0.5) is 5.69 Å².